The second-order valence-corrected chi connectivity index (χ2v) is 8.17. The van der Waals surface area contributed by atoms with E-state index in [2.05, 4.69) is 10.3 Å². The van der Waals surface area contributed by atoms with Crippen LogP contribution in [0.4, 0.5) is 5.00 Å². The van der Waals surface area contributed by atoms with Crippen molar-refractivity contribution in [3.8, 4) is 9.88 Å². The van der Waals surface area contributed by atoms with Gasteiger partial charge in [0.1, 0.15) is 10.0 Å². The number of aromatic nitrogens is 1. The molecule has 0 fully saturated rings. The minimum absolute atomic E-state index is 0.0228. The van der Waals surface area contributed by atoms with Crippen LogP contribution in [0.5, 0.6) is 0 Å². The Morgan fingerprint density at radius 1 is 1.22 bits per heavy atom. The van der Waals surface area contributed by atoms with Crippen LogP contribution in [0, 0.1) is 0 Å². The number of rotatable bonds is 7. The van der Waals surface area contributed by atoms with Crippen LogP contribution in [0.15, 0.2) is 34.3 Å². The third-order valence-corrected chi connectivity index (χ3v) is 6.21. The summed E-state index contributed by atoms with van der Waals surface area (Å²) in [5, 5.41) is 9.12. The maximum Gasteiger partial charge on any atom is 0.312 e. The zero-order valence-electron chi connectivity index (χ0n) is 14.1. The second kappa shape index (κ2) is 8.42. The van der Waals surface area contributed by atoms with Crippen LogP contribution < -0.4 is 11.1 Å². The molecule has 3 aromatic heterocycles. The summed E-state index contributed by atoms with van der Waals surface area (Å²) in [6.45, 7) is 1.46. The Bertz CT molecular complexity index is 962. The standard InChI is InChI=1S/C17H15N3O4S3/c1-9(15(23)20-16-11(14(18)22)4-6-26-16)24-13(21)7-10-8-27-17(19-10)12-3-2-5-25-12/h2-6,8-9H,7H2,1H3,(H2,18,22)(H,20,23). The first kappa shape index (κ1) is 19.2. The summed E-state index contributed by atoms with van der Waals surface area (Å²) in [6, 6.07) is 5.42. The smallest absolute Gasteiger partial charge is 0.312 e. The molecule has 0 bridgehead atoms. The van der Waals surface area contributed by atoms with Crippen LogP contribution in [0.3, 0.4) is 0 Å². The molecule has 3 N–H and O–H groups in total. The van der Waals surface area contributed by atoms with Crippen molar-refractivity contribution < 1.29 is 19.1 Å². The van der Waals surface area contributed by atoms with Crippen molar-refractivity contribution >= 4 is 56.8 Å². The molecular weight excluding hydrogens is 406 g/mol. The van der Waals surface area contributed by atoms with Crippen molar-refractivity contribution in [2.24, 2.45) is 5.73 Å². The average Bonchev–Trinajstić information content (AvgIpc) is 3.35. The molecule has 0 aliphatic heterocycles. The number of hydrogen-bond acceptors (Lipinski definition) is 8. The molecule has 3 rings (SSSR count). The molecule has 10 heteroatoms. The Hall–Kier alpha value is -2.56. The molecule has 0 aliphatic carbocycles. The van der Waals surface area contributed by atoms with Crippen molar-refractivity contribution in [1.29, 1.82) is 0 Å². The Morgan fingerprint density at radius 3 is 2.74 bits per heavy atom. The lowest BCUT2D eigenvalue weighted by Crippen LogP contribution is -2.31. The second-order valence-electron chi connectivity index (χ2n) is 5.45. The van der Waals surface area contributed by atoms with Crippen molar-refractivity contribution in [3.05, 3.63) is 45.6 Å². The molecule has 1 unspecified atom stereocenters. The molecule has 7 nitrogen and oxygen atoms in total. The van der Waals surface area contributed by atoms with Gasteiger partial charge in [-0.05, 0) is 29.8 Å². The number of esters is 1. The van der Waals surface area contributed by atoms with Crippen LogP contribution in [0.25, 0.3) is 9.88 Å². The highest BCUT2D eigenvalue weighted by molar-refractivity contribution is 7.20. The van der Waals surface area contributed by atoms with E-state index in [0.29, 0.717) is 10.7 Å². The molecule has 3 aromatic rings. The third-order valence-electron chi connectivity index (χ3n) is 3.45. The number of carbonyl (C=O) groups is 3. The fourth-order valence-corrected chi connectivity index (χ4v) is 4.58. The quantitative estimate of drug-likeness (QED) is 0.569. The highest BCUT2D eigenvalue weighted by Gasteiger charge is 2.21. The Labute approximate surface area is 166 Å². The van der Waals surface area contributed by atoms with Crippen LogP contribution in [0.2, 0.25) is 0 Å². The van der Waals surface area contributed by atoms with Crippen molar-refractivity contribution in [2.75, 3.05) is 5.32 Å². The van der Waals surface area contributed by atoms with Crippen LogP contribution in [-0.2, 0) is 20.7 Å². The maximum absolute atomic E-state index is 12.2. The van der Waals surface area contributed by atoms with Gasteiger partial charge in [0, 0.05) is 5.38 Å². The molecule has 27 heavy (non-hydrogen) atoms. The minimum Gasteiger partial charge on any atom is -0.452 e. The van der Waals surface area contributed by atoms with E-state index in [1.54, 1.807) is 22.1 Å². The Kier molecular flexibility index (Phi) is 5.99. The first-order chi connectivity index (χ1) is 12.9. The minimum atomic E-state index is -1.02. The number of nitrogens with two attached hydrogens (primary N) is 1. The zero-order valence-corrected chi connectivity index (χ0v) is 16.6. The number of amides is 2. The van der Waals surface area contributed by atoms with Crippen LogP contribution >= 0.6 is 34.0 Å². The van der Waals surface area contributed by atoms with E-state index < -0.39 is 23.9 Å². The first-order valence-electron chi connectivity index (χ1n) is 7.80. The number of nitrogens with one attached hydrogen (secondary N) is 1. The summed E-state index contributed by atoms with van der Waals surface area (Å²) in [6.07, 6.45) is -1.04. The summed E-state index contributed by atoms with van der Waals surface area (Å²) in [7, 11) is 0. The summed E-state index contributed by atoms with van der Waals surface area (Å²) < 4.78 is 5.17. The lowest BCUT2D eigenvalue weighted by molar-refractivity contribution is -0.152. The van der Waals surface area contributed by atoms with E-state index in [9.17, 15) is 14.4 Å². The molecule has 2 amide bonds. The highest BCUT2D eigenvalue weighted by atomic mass is 32.1. The molecular formula is C17H15N3O4S3. The van der Waals surface area contributed by atoms with Gasteiger partial charge in [0.15, 0.2) is 6.10 Å². The zero-order chi connectivity index (χ0) is 19.4. The maximum atomic E-state index is 12.2. The SMILES string of the molecule is CC(OC(=O)Cc1csc(-c2cccs2)n1)C(=O)Nc1sccc1C(N)=O. The third kappa shape index (κ3) is 4.79. The van der Waals surface area contributed by atoms with Gasteiger partial charge in [-0.1, -0.05) is 6.07 Å². The lowest BCUT2D eigenvalue weighted by Gasteiger charge is -2.13. The lowest BCUT2D eigenvalue weighted by atomic mass is 10.3. The van der Waals surface area contributed by atoms with Crippen LogP contribution in [0.1, 0.15) is 23.0 Å². The molecule has 3 heterocycles. The number of nitrogens with zero attached hydrogens (tertiary/aromatic N) is 1. The Balaban J connectivity index is 1.55. The van der Waals surface area contributed by atoms with E-state index in [4.69, 9.17) is 10.5 Å². The summed E-state index contributed by atoms with van der Waals surface area (Å²) >= 11 is 4.19. The molecule has 1 atom stereocenters. The largest absolute Gasteiger partial charge is 0.452 e. The van der Waals surface area contributed by atoms with Crippen molar-refractivity contribution in [3.63, 3.8) is 0 Å². The average molecular weight is 422 g/mol. The monoisotopic (exact) mass is 421 g/mol. The predicted molar refractivity (Wildman–Crippen MR) is 106 cm³/mol. The van der Waals surface area contributed by atoms with E-state index in [1.807, 2.05) is 17.5 Å². The fourth-order valence-electron chi connectivity index (χ4n) is 2.16. The van der Waals surface area contributed by atoms with Gasteiger partial charge in [0.2, 0.25) is 0 Å². The number of thiazole rings is 1. The fraction of sp³-hybridized carbons (Fsp3) is 0.176. The molecule has 0 saturated heterocycles. The van der Waals surface area contributed by atoms with Crippen molar-refractivity contribution in [1.82, 2.24) is 4.98 Å². The van der Waals surface area contributed by atoms with E-state index in [-0.39, 0.29) is 12.0 Å². The summed E-state index contributed by atoms with van der Waals surface area (Å²) in [4.78, 5) is 41.0. The molecule has 140 valence electrons. The van der Waals surface area contributed by atoms with Gasteiger partial charge < -0.3 is 15.8 Å². The topological polar surface area (TPSA) is 111 Å². The molecule has 0 saturated carbocycles. The van der Waals surface area contributed by atoms with Crippen LogP contribution in [-0.4, -0.2) is 28.9 Å². The van der Waals surface area contributed by atoms with Gasteiger partial charge in [-0.25, -0.2) is 4.98 Å². The predicted octanol–water partition coefficient (Wildman–Crippen LogP) is 3.14. The van der Waals surface area contributed by atoms with E-state index in [0.717, 1.165) is 9.88 Å². The van der Waals surface area contributed by atoms with Gasteiger partial charge in [0.25, 0.3) is 11.8 Å². The van der Waals surface area contributed by atoms with Gasteiger partial charge in [-0.15, -0.1) is 34.0 Å². The highest BCUT2D eigenvalue weighted by Crippen LogP contribution is 2.28. The number of thiophene rings is 2. The van der Waals surface area contributed by atoms with Crippen molar-refractivity contribution in [2.45, 2.75) is 19.4 Å². The number of hydrogen-bond donors (Lipinski definition) is 2. The molecule has 0 aromatic carbocycles. The van der Waals surface area contributed by atoms with E-state index in [1.165, 1.54) is 35.7 Å². The van der Waals surface area contributed by atoms with E-state index >= 15 is 0 Å². The van der Waals surface area contributed by atoms with Gasteiger partial charge in [0.05, 0.1) is 22.6 Å². The van der Waals surface area contributed by atoms with Gasteiger partial charge in [-0.2, -0.15) is 0 Å². The number of ether oxygens (including phenoxy) is 1. The number of primary amides is 1. The molecule has 0 spiro atoms. The first-order valence-corrected chi connectivity index (χ1v) is 10.4. The number of carbonyl (C=O) groups excluding carboxylic acids is 3. The molecule has 0 aliphatic rings. The number of anilines is 1. The Morgan fingerprint density at radius 2 is 2.04 bits per heavy atom. The summed E-state index contributed by atoms with van der Waals surface area (Å²) in [5.74, 6) is -1.73. The van der Waals surface area contributed by atoms with Gasteiger partial charge >= 0.3 is 5.97 Å². The summed E-state index contributed by atoms with van der Waals surface area (Å²) in [5.41, 5.74) is 6.05. The molecule has 0 radical (unpaired) electrons. The normalized spacial score (nSPS) is 11.7. The van der Waals surface area contributed by atoms with Gasteiger partial charge in [-0.3, -0.25) is 14.4 Å².